The van der Waals surface area contributed by atoms with E-state index in [1.165, 1.54) is 0 Å². The van der Waals surface area contributed by atoms with Gasteiger partial charge in [0.15, 0.2) is 0 Å². The van der Waals surface area contributed by atoms with E-state index in [-0.39, 0.29) is 5.91 Å². The van der Waals surface area contributed by atoms with Crippen LogP contribution in [0.15, 0.2) is 54.6 Å². The zero-order chi connectivity index (χ0) is 16.7. The number of nitrogens with one attached hydrogen (secondary N) is 1. The molecule has 1 aliphatic heterocycles. The van der Waals surface area contributed by atoms with E-state index in [0.29, 0.717) is 12.1 Å². The molecular weight excluding hydrogens is 302 g/mol. The Bertz CT molecular complexity index is 935. The van der Waals surface area contributed by atoms with E-state index in [1.807, 2.05) is 54.6 Å². The Hall–Kier alpha value is -3.05. The Morgan fingerprint density at radius 2 is 1.88 bits per heavy atom. The van der Waals surface area contributed by atoms with E-state index in [1.54, 1.807) is 12.0 Å². The first-order valence-corrected chi connectivity index (χ1v) is 7.70. The maximum atomic E-state index is 12.9. The van der Waals surface area contributed by atoms with Gasteiger partial charge in [-0.15, -0.1) is 0 Å². The van der Waals surface area contributed by atoms with Gasteiger partial charge in [0.1, 0.15) is 5.75 Å². The predicted octanol–water partition coefficient (Wildman–Crippen LogP) is 3.29. The van der Waals surface area contributed by atoms with Gasteiger partial charge in [0, 0.05) is 16.3 Å². The zero-order valence-corrected chi connectivity index (χ0v) is 13.2. The summed E-state index contributed by atoms with van der Waals surface area (Å²) in [4.78, 5) is 14.7. The maximum Gasteiger partial charge on any atom is 0.259 e. The van der Waals surface area contributed by atoms with Crippen molar-refractivity contribution in [2.75, 3.05) is 17.4 Å². The minimum absolute atomic E-state index is 0.0144. The van der Waals surface area contributed by atoms with E-state index >= 15 is 0 Å². The van der Waals surface area contributed by atoms with Gasteiger partial charge in [-0.1, -0.05) is 24.3 Å². The third-order valence-electron chi connectivity index (χ3n) is 4.44. The molecular formula is C19H17N3O2. The lowest BCUT2D eigenvalue weighted by atomic mass is 10.0. The SMILES string of the molecule is COc1ccc(CN2C(=O)c3cccc4c(NN)ccc2c34)cc1. The van der Waals surface area contributed by atoms with Crippen molar-refractivity contribution in [2.45, 2.75) is 6.54 Å². The lowest BCUT2D eigenvalue weighted by molar-refractivity contribution is 0.0991. The molecule has 0 radical (unpaired) electrons. The number of rotatable bonds is 4. The Kier molecular flexibility index (Phi) is 3.36. The topological polar surface area (TPSA) is 67.6 Å². The number of nitrogens with zero attached hydrogens (tertiary/aromatic N) is 1. The van der Waals surface area contributed by atoms with Gasteiger partial charge in [-0.05, 0) is 35.9 Å². The first-order valence-electron chi connectivity index (χ1n) is 7.70. The summed E-state index contributed by atoms with van der Waals surface area (Å²) in [6.07, 6.45) is 0. The zero-order valence-electron chi connectivity index (χ0n) is 13.2. The molecule has 120 valence electrons. The summed E-state index contributed by atoms with van der Waals surface area (Å²) in [5.74, 6) is 6.41. The van der Waals surface area contributed by atoms with Crippen molar-refractivity contribution in [3.63, 3.8) is 0 Å². The number of carbonyl (C=O) groups excluding carboxylic acids is 1. The lowest BCUT2D eigenvalue weighted by Gasteiger charge is -2.18. The van der Waals surface area contributed by atoms with E-state index in [2.05, 4.69) is 5.43 Å². The normalized spacial score (nSPS) is 12.8. The van der Waals surface area contributed by atoms with E-state index in [4.69, 9.17) is 10.6 Å². The van der Waals surface area contributed by atoms with Crippen LogP contribution in [0.2, 0.25) is 0 Å². The van der Waals surface area contributed by atoms with Crippen LogP contribution in [0, 0.1) is 0 Å². The highest BCUT2D eigenvalue weighted by Crippen LogP contribution is 2.41. The summed E-state index contributed by atoms with van der Waals surface area (Å²) in [6.45, 7) is 0.516. The number of nitrogens with two attached hydrogens (primary N) is 1. The average Bonchev–Trinajstić information content (AvgIpc) is 2.90. The lowest BCUT2D eigenvalue weighted by Crippen LogP contribution is -2.26. The highest BCUT2D eigenvalue weighted by atomic mass is 16.5. The number of methoxy groups -OCH3 is 1. The van der Waals surface area contributed by atoms with Gasteiger partial charge in [-0.25, -0.2) is 0 Å². The van der Waals surface area contributed by atoms with Crippen molar-refractivity contribution in [2.24, 2.45) is 5.84 Å². The molecule has 3 aromatic carbocycles. The fraction of sp³-hybridized carbons (Fsp3) is 0.105. The molecule has 5 nitrogen and oxygen atoms in total. The molecule has 3 aromatic rings. The van der Waals surface area contributed by atoms with Crippen LogP contribution < -0.4 is 20.9 Å². The van der Waals surface area contributed by atoms with Crippen molar-refractivity contribution in [1.82, 2.24) is 0 Å². The number of nitrogen functional groups attached to an aromatic ring is 1. The third-order valence-corrected chi connectivity index (χ3v) is 4.44. The van der Waals surface area contributed by atoms with Crippen LogP contribution in [0.1, 0.15) is 15.9 Å². The minimum Gasteiger partial charge on any atom is -0.497 e. The second-order valence-corrected chi connectivity index (χ2v) is 5.74. The number of amides is 1. The molecule has 0 saturated carbocycles. The van der Waals surface area contributed by atoms with Crippen molar-refractivity contribution in [3.05, 3.63) is 65.7 Å². The van der Waals surface area contributed by atoms with Gasteiger partial charge < -0.3 is 15.1 Å². The summed E-state index contributed by atoms with van der Waals surface area (Å²) >= 11 is 0. The minimum atomic E-state index is 0.0144. The van der Waals surface area contributed by atoms with Crippen LogP contribution in [-0.2, 0) is 6.54 Å². The number of ether oxygens (including phenoxy) is 1. The Labute approximate surface area is 139 Å². The average molecular weight is 319 g/mol. The van der Waals surface area contributed by atoms with Crippen molar-refractivity contribution in [1.29, 1.82) is 0 Å². The van der Waals surface area contributed by atoms with Crippen LogP contribution in [0.5, 0.6) is 5.75 Å². The van der Waals surface area contributed by atoms with Gasteiger partial charge in [0.2, 0.25) is 0 Å². The molecule has 0 aromatic heterocycles. The summed E-state index contributed by atoms with van der Waals surface area (Å²) in [5, 5.41) is 1.91. The number of benzene rings is 3. The van der Waals surface area contributed by atoms with E-state index in [0.717, 1.165) is 33.5 Å². The summed E-state index contributed by atoms with van der Waals surface area (Å²) < 4.78 is 5.18. The van der Waals surface area contributed by atoms with Crippen LogP contribution in [0.3, 0.4) is 0 Å². The quantitative estimate of drug-likeness (QED) is 0.572. The molecule has 3 N–H and O–H groups in total. The molecule has 0 bridgehead atoms. The van der Waals surface area contributed by atoms with Crippen molar-refractivity contribution >= 4 is 28.1 Å². The summed E-state index contributed by atoms with van der Waals surface area (Å²) in [6, 6.07) is 17.3. The van der Waals surface area contributed by atoms with Gasteiger partial charge in [-0.3, -0.25) is 10.6 Å². The maximum absolute atomic E-state index is 12.9. The molecule has 0 spiro atoms. The van der Waals surface area contributed by atoms with Gasteiger partial charge >= 0.3 is 0 Å². The van der Waals surface area contributed by atoms with Crippen LogP contribution >= 0.6 is 0 Å². The largest absolute Gasteiger partial charge is 0.497 e. The Morgan fingerprint density at radius 1 is 1.08 bits per heavy atom. The number of anilines is 2. The molecule has 0 atom stereocenters. The van der Waals surface area contributed by atoms with Gasteiger partial charge in [0.25, 0.3) is 5.91 Å². The highest BCUT2D eigenvalue weighted by molar-refractivity contribution is 6.26. The molecule has 1 amide bonds. The Morgan fingerprint density at radius 3 is 2.58 bits per heavy atom. The molecule has 0 saturated heterocycles. The summed E-state index contributed by atoms with van der Waals surface area (Å²) in [7, 11) is 1.64. The standard InChI is InChI=1S/C19H17N3O2/c1-24-13-7-5-12(6-8-13)11-22-17-10-9-16(21-20)14-3-2-4-15(18(14)17)19(22)23/h2-10,21H,11,20H2,1H3. The molecule has 0 fully saturated rings. The number of hydrazine groups is 1. The second kappa shape index (κ2) is 5.54. The summed E-state index contributed by atoms with van der Waals surface area (Å²) in [5.41, 5.74) is 6.20. The van der Waals surface area contributed by atoms with E-state index < -0.39 is 0 Å². The van der Waals surface area contributed by atoms with E-state index in [9.17, 15) is 4.79 Å². The Balaban J connectivity index is 1.77. The second-order valence-electron chi connectivity index (χ2n) is 5.74. The third kappa shape index (κ3) is 2.10. The molecule has 4 rings (SSSR count). The fourth-order valence-electron chi connectivity index (χ4n) is 3.24. The van der Waals surface area contributed by atoms with Crippen LogP contribution in [0.4, 0.5) is 11.4 Å². The molecule has 5 heteroatoms. The molecule has 1 heterocycles. The first-order chi connectivity index (χ1) is 11.7. The van der Waals surface area contributed by atoms with Crippen molar-refractivity contribution in [3.8, 4) is 5.75 Å². The van der Waals surface area contributed by atoms with Crippen LogP contribution in [-0.4, -0.2) is 13.0 Å². The fourth-order valence-corrected chi connectivity index (χ4v) is 3.24. The smallest absolute Gasteiger partial charge is 0.259 e. The molecule has 0 unspecified atom stereocenters. The molecule has 1 aliphatic rings. The number of hydrogen-bond acceptors (Lipinski definition) is 4. The molecule has 24 heavy (non-hydrogen) atoms. The number of carbonyl (C=O) groups is 1. The van der Waals surface area contributed by atoms with Crippen molar-refractivity contribution < 1.29 is 9.53 Å². The van der Waals surface area contributed by atoms with Gasteiger partial charge in [0.05, 0.1) is 25.0 Å². The van der Waals surface area contributed by atoms with Gasteiger partial charge in [-0.2, -0.15) is 0 Å². The first kappa shape index (κ1) is 14.5. The molecule has 0 aliphatic carbocycles. The monoisotopic (exact) mass is 319 g/mol. The van der Waals surface area contributed by atoms with Crippen LogP contribution in [0.25, 0.3) is 10.8 Å². The predicted molar refractivity (Wildman–Crippen MR) is 95.3 cm³/mol. The highest BCUT2D eigenvalue weighted by Gasteiger charge is 2.30. The number of hydrogen-bond donors (Lipinski definition) is 2.